The first-order valence-corrected chi connectivity index (χ1v) is 9.26. The maximum Gasteiger partial charge on any atom is 0.325 e. The summed E-state index contributed by atoms with van der Waals surface area (Å²) in [6, 6.07) is 1.35. The first kappa shape index (κ1) is 23.3. The number of hydrogen-bond donors (Lipinski definition) is 2. The molecule has 1 aromatic rings. The molecule has 1 aromatic carbocycles. The van der Waals surface area contributed by atoms with Crippen molar-refractivity contribution in [1.82, 2.24) is 15.1 Å². The summed E-state index contributed by atoms with van der Waals surface area (Å²) < 4.78 is 9.95. The molecule has 31 heavy (non-hydrogen) atoms. The first-order valence-electron chi connectivity index (χ1n) is 9.26. The Morgan fingerprint density at radius 1 is 1.03 bits per heavy atom. The molecule has 2 rings (SSSR count). The van der Waals surface area contributed by atoms with Gasteiger partial charge in [-0.25, -0.2) is 4.79 Å². The summed E-state index contributed by atoms with van der Waals surface area (Å²) in [5, 5.41) is 2.30. The molecule has 0 spiro atoms. The average molecular weight is 434 g/mol. The van der Waals surface area contributed by atoms with E-state index in [0.717, 1.165) is 13.8 Å². The fourth-order valence-electron chi connectivity index (χ4n) is 2.87. The molecule has 12 heteroatoms. The third-order valence-electron chi connectivity index (χ3n) is 4.30. The van der Waals surface area contributed by atoms with E-state index in [2.05, 4.69) is 5.32 Å². The van der Waals surface area contributed by atoms with Crippen molar-refractivity contribution in [3.63, 3.8) is 0 Å². The molecule has 0 saturated carbocycles. The molecule has 1 heterocycles. The largest absolute Gasteiger partial charge is 0.423 e. The molecule has 1 aliphatic rings. The Labute approximate surface area is 177 Å². The number of benzene rings is 1. The Kier molecular flexibility index (Phi) is 7.29. The van der Waals surface area contributed by atoms with Gasteiger partial charge in [0.05, 0.1) is 0 Å². The number of carbonyl (C=O) groups is 6. The van der Waals surface area contributed by atoms with Crippen LogP contribution in [0, 0.1) is 0 Å². The second-order valence-corrected chi connectivity index (χ2v) is 6.52. The second-order valence-electron chi connectivity index (χ2n) is 6.52. The van der Waals surface area contributed by atoms with Crippen LogP contribution in [0.4, 0.5) is 4.79 Å². The van der Waals surface area contributed by atoms with E-state index in [4.69, 9.17) is 15.2 Å². The van der Waals surface area contributed by atoms with Gasteiger partial charge in [-0.05, 0) is 24.6 Å². The number of primary amides is 1. The number of nitrogens with zero attached hydrogens (tertiary/aromatic N) is 2. The summed E-state index contributed by atoms with van der Waals surface area (Å²) in [5.74, 6) is -4.49. The standard InChI is InChI=1S/C19H22N4O8/c1-4-22-7-8-23(18(28)17(22)27)19(29)21-15(16(20)26)12-5-6-13(30-10(2)24)14(9-12)31-11(3)25/h5-6,9,15H,4,7-8H2,1-3H3,(H2,20,26)(H,21,29). The third-order valence-corrected chi connectivity index (χ3v) is 4.30. The molecule has 1 atom stereocenters. The minimum Gasteiger partial charge on any atom is -0.423 e. The number of nitrogens with one attached hydrogen (secondary N) is 1. The van der Waals surface area contributed by atoms with Gasteiger partial charge in [0.1, 0.15) is 6.04 Å². The number of urea groups is 1. The fourth-order valence-corrected chi connectivity index (χ4v) is 2.87. The van der Waals surface area contributed by atoms with E-state index in [1.807, 2.05) is 0 Å². The lowest BCUT2D eigenvalue weighted by Crippen LogP contribution is -2.58. The van der Waals surface area contributed by atoms with E-state index >= 15 is 0 Å². The van der Waals surface area contributed by atoms with Crippen LogP contribution in [0.1, 0.15) is 32.4 Å². The highest BCUT2D eigenvalue weighted by Crippen LogP contribution is 2.31. The van der Waals surface area contributed by atoms with Crippen LogP contribution < -0.4 is 20.5 Å². The van der Waals surface area contributed by atoms with E-state index < -0.39 is 41.7 Å². The van der Waals surface area contributed by atoms with Crippen LogP contribution in [0.15, 0.2) is 18.2 Å². The SMILES string of the molecule is CCN1CCN(C(=O)NC(C(N)=O)c2ccc(OC(C)=O)c(OC(C)=O)c2)C(=O)C1=O. The van der Waals surface area contributed by atoms with Crippen molar-refractivity contribution < 1.29 is 38.2 Å². The van der Waals surface area contributed by atoms with Crippen molar-refractivity contribution in [2.75, 3.05) is 19.6 Å². The zero-order chi connectivity index (χ0) is 23.3. The summed E-state index contributed by atoms with van der Waals surface area (Å²) in [5.41, 5.74) is 5.49. The lowest BCUT2D eigenvalue weighted by atomic mass is 10.1. The van der Waals surface area contributed by atoms with Gasteiger partial charge in [0.15, 0.2) is 11.5 Å². The predicted molar refractivity (Wildman–Crippen MR) is 103 cm³/mol. The quantitative estimate of drug-likeness (QED) is 0.342. The molecule has 3 N–H and O–H groups in total. The normalized spacial score (nSPS) is 14.7. The number of nitrogens with two attached hydrogens (primary N) is 1. The van der Waals surface area contributed by atoms with E-state index in [-0.39, 0.29) is 30.2 Å². The predicted octanol–water partition coefficient (Wildman–Crippen LogP) is -0.536. The number of piperazine rings is 1. The molecule has 5 amide bonds. The summed E-state index contributed by atoms with van der Waals surface area (Å²) in [6.45, 7) is 4.38. The number of rotatable bonds is 6. The van der Waals surface area contributed by atoms with Crippen LogP contribution in [-0.4, -0.2) is 65.1 Å². The van der Waals surface area contributed by atoms with Gasteiger partial charge in [-0.1, -0.05) is 6.07 Å². The first-order chi connectivity index (χ1) is 14.5. The number of carbonyl (C=O) groups excluding carboxylic acids is 6. The van der Waals surface area contributed by atoms with E-state index in [9.17, 15) is 28.8 Å². The summed E-state index contributed by atoms with van der Waals surface area (Å²) in [4.78, 5) is 73.3. The zero-order valence-electron chi connectivity index (χ0n) is 17.2. The fraction of sp³-hybridized carbons (Fsp3) is 0.368. The number of imide groups is 1. The molecule has 0 bridgehead atoms. The Hall–Kier alpha value is -3.96. The number of amides is 5. The molecule has 1 saturated heterocycles. The second kappa shape index (κ2) is 9.69. The molecule has 0 aromatic heterocycles. The number of hydrogen-bond acceptors (Lipinski definition) is 8. The van der Waals surface area contributed by atoms with Crippen LogP contribution in [0.5, 0.6) is 11.5 Å². The maximum absolute atomic E-state index is 12.6. The van der Waals surface area contributed by atoms with Gasteiger partial charge in [-0.15, -0.1) is 0 Å². The minimum absolute atomic E-state index is 0.0557. The molecular weight excluding hydrogens is 412 g/mol. The van der Waals surface area contributed by atoms with Crippen molar-refractivity contribution in [1.29, 1.82) is 0 Å². The van der Waals surface area contributed by atoms with Crippen LogP contribution >= 0.6 is 0 Å². The highest BCUT2D eigenvalue weighted by Gasteiger charge is 2.36. The molecule has 1 aliphatic heterocycles. The van der Waals surface area contributed by atoms with Crippen LogP contribution in [0.3, 0.4) is 0 Å². The van der Waals surface area contributed by atoms with Crippen molar-refractivity contribution >= 4 is 35.7 Å². The van der Waals surface area contributed by atoms with Crippen LogP contribution in [0.25, 0.3) is 0 Å². The lowest BCUT2D eigenvalue weighted by Gasteiger charge is -2.32. The van der Waals surface area contributed by atoms with Crippen molar-refractivity contribution in [3.8, 4) is 11.5 Å². The summed E-state index contributed by atoms with van der Waals surface area (Å²) in [6.07, 6.45) is 0. The van der Waals surface area contributed by atoms with Gasteiger partial charge in [-0.2, -0.15) is 0 Å². The smallest absolute Gasteiger partial charge is 0.325 e. The molecular formula is C19H22N4O8. The highest BCUT2D eigenvalue weighted by molar-refractivity contribution is 6.38. The zero-order valence-corrected chi connectivity index (χ0v) is 17.2. The topological polar surface area (TPSA) is 165 Å². The van der Waals surface area contributed by atoms with Crippen molar-refractivity contribution in [2.45, 2.75) is 26.8 Å². The molecule has 1 unspecified atom stereocenters. The van der Waals surface area contributed by atoms with Gasteiger partial charge < -0.3 is 25.4 Å². The van der Waals surface area contributed by atoms with Crippen molar-refractivity contribution in [2.24, 2.45) is 5.73 Å². The third kappa shape index (κ3) is 5.56. The van der Waals surface area contributed by atoms with Gasteiger partial charge in [-0.3, -0.25) is 28.9 Å². The molecule has 0 radical (unpaired) electrons. The number of ether oxygens (including phenoxy) is 2. The molecule has 12 nitrogen and oxygen atoms in total. The minimum atomic E-state index is -1.43. The Morgan fingerprint density at radius 2 is 1.65 bits per heavy atom. The van der Waals surface area contributed by atoms with E-state index in [0.29, 0.717) is 11.4 Å². The van der Waals surface area contributed by atoms with E-state index in [1.165, 1.54) is 23.1 Å². The Morgan fingerprint density at radius 3 is 2.19 bits per heavy atom. The van der Waals surface area contributed by atoms with Gasteiger partial charge >= 0.3 is 29.8 Å². The van der Waals surface area contributed by atoms with Gasteiger partial charge in [0.2, 0.25) is 5.91 Å². The molecule has 166 valence electrons. The van der Waals surface area contributed by atoms with Gasteiger partial charge in [0.25, 0.3) is 0 Å². The number of likely N-dealkylation sites (N-methyl/N-ethyl adjacent to an activating group) is 1. The summed E-state index contributed by atoms with van der Waals surface area (Å²) in [7, 11) is 0. The highest BCUT2D eigenvalue weighted by atomic mass is 16.6. The van der Waals surface area contributed by atoms with Gasteiger partial charge in [0, 0.05) is 33.5 Å². The van der Waals surface area contributed by atoms with Crippen LogP contribution in [0.2, 0.25) is 0 Å². The molecule has 0 aliphatic carbocycles. The lowest BCUT2D eigenvalue weighted by molar-refractivity contribution is -0.153. The average Bonchev–Trinajstić information content (AvgIpc) is 2.68. The van der Waals surface area contributed by atoms with Crippen molar-refractivity contribution in [3.05, 3.63) is 23.8 Å². The van der Waals surface area contributed by atoms with E-state index in [1.54, 1.807) is 6.92 Å². The Balaban J connectivity index is 2.29. The number of esters is 2. The Bertz CT molecular complexity index is 945. The maximum atomic E-state index is 12.6. The summed E-state index contributed by atoms with van der Waals surface area (Å²) >= 11 is 0. The molecule has 1 fully saturated rings. The van der Waals surface area contributed by atoms with Crippen LogP contribution in [-0.2, 0) is 24.0 Å². The monoisotopic (exact) mass is 434 g/mol.